The van der Waals surface area contributed by atoms with Crippen LogP contribution < -0.4 is 4.74 Å². The van der Waals surface area contributed by atoms with E-state index in [1.165, 1.54) is 0 Å². The Labute approximate surface area is 142 Å². The van der Waals surface area contributed by atoms with Crippen molar-refractivity contribution in [2.75, 3.05) is 19.7 Å². The number of ether oxygens (including phenoxy) is 1. The second kappa shape index (κ2) is 7.97. The molecule has 0 aliphatic carbocycles. The molecule has 1 amide bonds. The van der Waals surface area contributed by atoms with Crippen molar-refractivity contribution >= 4 is 5.91 Å². The summed E-state index contributed by atoms with van der Waals surface area (Å²) in [4.78, 5) is 14.4. The van der Waals surface area contributed by atoms with Gasteiger partial charge in [0.25, 0.3) is 5.91 Å². The number of likely N-dealkylation sites (tertiary alicyclic amines) is 1. The molecule has 0 radical (unpaired) electrons. The smallest absolute Gasteiger partial charge is 0.253 e. The monoisotopic (exact) mass is 325 g/mol. The topological polar surface area (TPSA) is 49.8 Å². The van der Waals surface area contributed by atoms with E-state index in [2.05, 4.69) is 0 Å². The molecule has 1 aliphatic rings. The summed E-state index contributed by atoms with van der Waals surface area (Å²) in [6.45, 7) is 2.07. The van der Waals surface area contributed by atoms with Gasteiger partial charge in [-0.1, -0.05) is 30.3 Å². The molecule has 1 atom stereocenters. The van der Waals surface area contributed by atoms with Crippen molar-refractivity contribution in [1.82, 2.24) is 4.90 Å². The Morgan fingerprint density at radius 1 is 1.12 bits per heavy atom. The molecule has 0 saturated carbocycles. The summed E-state index contributed by atoms with van der Waals surface area (Å²) in [7, 11) is 0. The average molecular weight is 325 g/mol. The highest BCUT2D eigenvalue weighted by Gasteiger charge is 2.23. The Hall–Kier alpha value is -2.33. The number of carbonyl (C=O) groups excluding carboxylic acids is 1. The van der Waals surface area contributed by atoms with Crippen LogP contribution in [0.15, 0.2) is 54.6 Å². The van der Waals surface area contributed by atoms with E-state index < -0.39 is 0 Å². The summed E-state index contributed by atoms with van der Waals surface area (Å²) in [6, 6.07) is 17.3. The number of nitrogens with zero attached hydrogens (tertiary/aromatic N) is 1. The molecule has 0 bridgehead atoms. The van der Waals surface area contributed by atoms with Gasteiger partial charge < -0.3 is 14.7 Å². The second-order valence-corrected chi connectivity index (χ2v) is 6.24. The number of amides is 1. The van der Waals surface area contributed by atoms with Crippen LogP contribution in [0.1, 0.15) is 28.8 Å². The van der Waals surface area contributed by atoms with Crippen LogP contribution in [-0.4, -0.2) is 35.6 Å². The fraction of sp³-hybridized carbons (Fsp3) is 0.350. The number of rotatable bonds is 5. The van der Waals surface area contributed by atoms with Crippen molar-refractivity contribution in [2.24, 2.45) is 5.92 Å². The summed E-state index contributed by atoms with van der Waals surface area (Å²) >= 11 is 0. The minimum absolute atomic E-state index is 0.0303. The van der Waals surface area contributed by atoms with E-state index in [9.17, 15) is 9.90 Å². The number of carbonyl (C=O) groups is 1. The molecule has 4 heteroatoms. The van der Waals surface area contributed by atoms with Crippen molar-refractivity contribution < 1.29 is 14.6 Å². The Morgan fingerprint density at radius 3 is 2.58 bits per heavy atom. The molecule has 1 heterocycles. The molecule has 1 saturated heterocycles. The van der Waals surface area contributed by atoms with Crippen molar-refractivity contribution in [2.45, 2.75) is 19.4 Å². The van der Waals surface area contributed by atoms with E-state index in [-0.39, 0.29) is 18.4 Å². The molecule has 1 aliphatic heterocycles. The molecule has 2 aromatic rings. The Morgan fingerprint density at radius 2 is 1.88 bits per heavy atom. The first-order valence-electron chi connectivity index (χ1n) is 8.43. The van der Waals surface area contributed by atoms with Crippen LogP contribution in [0.3, 0.4) is 0 Å². The van der Waals surface area contributed by atoms with Crippen LogP contribution in [0, 0.1) is 5.92 Å². The van der Waals surface area contributed by atoms with Crippen molar-refractivity contribution in [3.8, 4) is 5.75 Å². The lowest BCUT2D eigenvalue weighted by Gasteiger charge is -2.31. The van der Waals surface area contributed by atoms with Gasteiger partial charge in [0.05, 0.1) is 0 Å². The van der Waals surface area contributed by atoms with Crippen LogP contribution >= 0.6 is 0 Å². The van der Waals surface area contributed by atoms with Gasteiger partial charge in [-0.25, -0.2) is 0 Å². The lowest BCUT2D eigenvalue weighted by molar-refractivity contribution is 0.0620. The highest BCUT2D eigenvalue weighted by atomic mass is 16.5. The van der Waals surface area contributed by atoms with Gasteiger partial charge in [0.2, 0.25) is 0 Å². The first kappa shape index (κ1) is 16.5. The lowest BCUT2D eigenvalue weighted by Crippen LogP contribution is -2.40. The molecule has 1 N–H and O–H groups in total. The van der Waals surface area contributed by atoms with E-state index in [0.29, 0.717) is 18.7 Å². The molecular formula is C20H23NO3. The molecule has 4 nitrogen and oxygen atoms in total. The molecule has 3 rings (SSSR count). The Balaban J connectivity index is 1.58. The van der Waals surface area contributed by atoms with Gasteiger partial charge in [-0.3, -0.25) is 4.79 Å². The fourth-order valence-electron chi connectivity index (χ4n) is 3.02. The van der Waals surface area contributed by atoms with Crippen LogP contribution in [0.2, 0.25) is 0 Å². The maximum atomic E-state index is 12.6. The van der Waals surface area contributed by atoms with Gasteiger partial charge in [-0.2, -0.15) is 0 Å². The van der Waals surface area contributed by atoms with Crippen molar-refractivity contribution in [3.63, 3.8) is 0 Å². The third-order valence-corrected chi connectivity index (χ3v) is 4.41. The Kier molecular flexibility index (Phi) is 5.49. The highest BCUT2D eigenvalue weighted by Crippen LogP contribution is 2.20. The van der Waals surface area contributed by atoms with Crippen molar-refractivity contribution in [1.29, 1.82) is 0 Å². The van der Waals surface area contributed by atoms with Gasteiger partial charge in [0, 0.05) is 25.3 Å². The van der Waals surface area contributed by atoms with E-state index in [1.54, 1.807) is 0 Å². The third-order valence-electron chi connectivity index (χ3n) is 4.41. The molecule has 2 aromatic carbocycles. The SMILES string of the molecule is O=C(c1ccc(OCc2ccccc2)cc1)N1CCCC(CO)C1. The van der Waals surface area contributed by atoms with Gasteiger partial charge in [0.1, 0.15) is 12.4 Å². The molecular weight excluding hydrogens is 302 g/mol. The molecule has 126 valence electrons. The maximum absolute atomic E-state index is 12.6. The summed E-state index contributed by atoms with van der Waals surface area (Å²) in [5.41, 5.74) is 1.78. The average Bonchev–Trinajstić information content (AvgIpc) is 2.67. The van der Waals surface area contributed by atoms with E-state index >= 15 is 0 Å². The summed E-state index contributed by atoms with van der Waals surface area (Å²) in [6.07, 6.45) is 1.95. The first-order valence-corrected chi connectivity index (χ1v) is 8.43. The van der Waals surface area contributed by atoms with Gasteiger partial charge in [0.15, 0.2) is 0 Å². The lowest BCUT2D eigenvalue weighted by atomic mass is 9.98. The molecule has 0 aromatic heterocycles. The number of hydrogen-bond acceptors (Lipinski definition) is 3. The number of hydrogen-bond donors (Lipinski definition) is 1. The normalized spacial score (nSPS) is 17.5. The predicted octanol–water partition coefficient (Wildman–Crippen LogP) is 3.11. The zero-order valence-corrected chi connectivity index (χ0v) is 13.7. The van der Waals surface area contributed by atoms with E-state index in [1.807, 2.05) is 59.5 Å². The zero-order valence-electron chi connectivity index (χ0n) is 13.7. The first-order chi connectivity index (χ1) is 11.8. The molecule has 1 fully saturated rings. The van der Waals surface area contributed by atoms with Gasteiger partial charge in [-0.05, 0) is 48.6 Å². The number of aliphatic hydroxyl groups excluding tert-OH is 1. The quantitative estimate of drug-likeness (QED) is 0.919. The zero-order chi connectivity index (χ0) is 16.8. The van der Waals surface area contributed by atoms with Gasteiger partial charge in [-0.15, -0.1) is 0 Å². The van der Waals surface area contributed by atoms with Crippen LogP contribution in [0.25, 0.3) is 0 Å². The predicted molar refractivity (Wildman–Crippen MR) is 92.9 cm³/mol. The van der Waals surface area contributed by atoms with Crippen LogP contribution in [-0.2, 0) is 6.61 Å². The standard InChI is InChI=1S/C20H23NO3/c22-14-17-7-4-12-21(13-17)20(23)18-8-10-19(11-9-18)24-15-16-5-2-1-3-6-16/h1-3,5-6,8-11,17,22H,4,7,12-15H2. The summed E-state index contributed by atoms with van der Waals surface area (Å²) < 4.78 is 5.75. The maximum Gasteiger partial charge on any atom is 0.253 e. The third kappa shape index (κ3) is 4.15. The number of aliphatic hydroxyl groups is 1. The minimum atomic E-state index is 0.0303. The van der Waals surface area contributed by atoms with Gasteiger partial charge >= 0.3 is 0 Å². The molecule has 0 spiro atoms. The molecule has 1 unspecified atom stereocenters. The second-order valence-electron chi connectivity index (χ2n) is 6.24. The Bertz CT molecular complexity index is 654. The fourth-order valence-corrected chi connectivity index (χ4v) is 3.02. The number of piperidine rings is 1. The number of benzene rings is 2. The minimum Gasteiger partial charge on any atom is -0.489 e. The van der Waals surface area contributed by atoms with Crippen LogP contribution in [0.4, 0.5) is 0 Å². The summed E-state index contributed by atoms with van der Waals surface area (Å²) in [5.74, 6) is 0.987. The van der Waals surface area contributed by atoms with Crippen molar-refractivity contribution in [3.05, 3.63) is 65.7 Å². The van der Waals surface area contributed by atoms with Crippen LogP contribution in [0.5, 0.6) is 5.75 Å². The van der Waals surface area contributed by atoms with E-state index in [4.69, 9.17) is 4.74 Å². The molecule has 24 heavy (non-hydrogen) atoms. The summed E-state index contributed by atoms with van der Waals surface area (Å²) in [5, 5.41) is 9.30. The highest BCUT2D eigenvalue weighted by molar-refractivity contribution is 5.94. The largest absolute Gasteiger partial charge is 0.489 e. The van der Waals surface area contributed by atoms with E-state index in [0.717, 1.165) is 30.7 Å².